The summed E-state index contributed by atoms with van der Waals surface area (Å²) in [5.41, 5.74) is 0.0578. The number of nitrogens with zero attached hydrogens (tertiary/aromatic N) is 2. The van der Waals surface area contributed by atoms with E-state index in [1.807, 2.05) is 19.0 Å². The maximum absolute atomic E-state index is 5.60. The van der Waals surface area contributed by atoms with Gasteiger partial charge in [0.25, 0.3) is 0 Å². The first kappa shape index (κ1) is 14.6. The first-order chi connectivity index (χ1) is 9.10. The van der Waals surface area contributed by atoms with Crippen molar-refractivity contribution in [2.24, 2.45) is 0 Å². The van der Waals surface area contributed by atoms with Crippen molar-refractivity contribution in [3.63, 3.8) is 0 Å². The van der Waals surface area contributed by atoms with E-state index in [1.165, 1.54) is 6.42 Å². The number of rotatable bonds is 7. The monoisotopic (exact) mass is 285 g/mol. The fraction of sp³-hybridized carbons (Fsp3) is 0.769. The van der Waals surface area contributed by atoms with Gasteiger partial charge in [-0.05, 0) is 19.3 Å². The molecule has 0 saturated heterocycles. The van der Waals surface area contributed by atoms with Crippen LogP contribution in [0.1, 0.15) is 24.1 Å². The van der Waals surface area contributed by atoms with Crippen LogP contribution in [0, 0.1) is 0 Å². The summed E-state index contributed by atoms with van der Waals surface area (Å²) in [5, 5.41) is 4.44. The minimum absolute atomic E-state index is 0.0578. The van der Waals surface area contributed by atoms with E-state index in [2.05, 4.69) is 10.3 Å². The van der Waals surface area contributed by atoms with E-state index in [0.29, 0.717) is 0 Å². The van der Waals surface area contributed by atoms with Crippen molar-refractivity contribution in [1.29, 1.82) is 0 Å². The van der Waals surface area contributed by atoms with Crippen LogP contribution in [0.25, 0.3) is 0 Å². The lowest BCUT2D eigenvalue weighted by molar-refractivity contribution is -0.0695. The number of nitrogens with one attached hydrogen (secondary N) is 1. The van der Waals surface area contributed by atoms with Crippen molar-refractivity contribution >= 4 is 16.5 Å². The van der Waals surface area contributed by atoms with Gasteiger partial charge < -0.3 is 19.7 Å². The van der Waals surface area contributed by atoms with E-state index in [4.69, 9.17) is 9.47 Å². The topological polar surface area (TPSA) is 46.6 Å². The highest BCUT2D eigenvalue weighted by molar-refractivity contribution is 7.15. The number of methoxy groups -OCH3 is 2. The molecule has 1 N–H and O–H groups in total. The van der Waals surface area contributed by atoms with Gasteiger partial charge in [-0.2, -0.15) is 4.98 Å². The Bertz CT molecular complexity index is 411. The molecule has 1 aliphatic rings. The molecule has 2 rings (SSSR count). The lowest BCUT2D eigenvalue weighted by Crippen LogP contribution is -2.47. The highest BCUT2D eigenvalue weighted by Gasteiger charge is 2.36. The predicted molar refractivity (Wildman–Crippen MR) is 78.3 cm³/mol. The lowest BCUT2D eigenvalue weighted by atomic mass is 9.80. The van der Waals surface area contributed by atoms with Crippen LogP contribution in [-0.2, 0) is 11.3 Å². The third kappa shape index (κ3) is 3.19. The molecule has 0 radical (unpaired) electrons. The molecular weight excluding hydrogens is 262 g/mol. The molecular formula is C13H23N3O2S. The standard InChI is InChI=1S/C13H23N3O2S/c1-16(2)12-15-11(17-3)10(19-12)8-14-9-13(18-4)6-5-7-13/h14H,5-9H2,1-4H3. The van der Waals surface area contributed by atoms with Crippen LogP contribution in [0.5, 0.6) is 5.88 Å². The second-order valence-electron chi connectivity index (χ2n) is 5.17. The van der Waals surface area contributed by atoms with Gasteiger partial charge in [0.05, 0.1) is 17.6 Å². The van der Waals surface area contributed by atoms with Crippen molar-refractivity contribution in [3.05, 3.63) is 4.88 Å². The predicted octanol–water partition coefficient (Wildman–Crippen LogP) is 1.88. The second kappa shape index (κ2) is 6.07. The van der Waals surface area contributed by atoms with Crippen LogP contribution in [0.4, 0.5) is 5.13 Å². The zero-order valence-corrected chi connectivity index (χ0v) is 13.0. The number of hydrogen-bond acceptors (Lipinski definition) is 6. The van der Waals surface area contributed by atoms with E-state index >= 15 is 0 Å². The summed E-state index contributed by atoms with van der Waals surface area (Å²) >= 11 is 1.66. The molecule has 1 aromatic heterocycles. The fourth-order valence-electron chi connectivity index (χ4n) is 2.22. The molecule has 19 heavy (non-hydrogen) atoms. The van der Waals surface area contributed by atoms with Gasteiger partial charge >= 0.3 is 0 Å². The molecule has 5 nitrogen and oxygen atoms in total. The summed E-state index contributed by atoms with van der Waals surface area (Å²) in [6.07, 6.45) is 3.57. The summed E-state index contributed by atoms with van der Waals surface area (Å²) in [6.45, 7) is 1.67. The zero-order valence-electron chi connectivity index (χ0n) is 12.2. The first-order valence-electron chi connectivity index (χ1n) is 6.57. The maximum Gasteiger partial charge on any atom is 0.230 e. The Kier molecular flexibility index (Phi) is 4.65. The molecule has 1 aromatic rings. The molecule has 0 aliphatic heterocycles. The fourth-order valence-corrected chi connectivity index (χ4v) is 3.14. The van der Waals surface area contributed by atoms with E-state index in [-0.39, 0.29) is 5.60 Å². The van der Waals surface area contributed by atoms with Crippen LogP contribution in [-0.4, -0.2) is 45.4 Å². The molecule has 0 unspecified atom stereocenters. The van der Waals surface area contributed by atoms with Crippen LogP contribution in [0.3, 0.4) is 0 Å². The van der Waals surface area contributed by atoms with Crippen LogP contribution < -0.4 is 15.0 Å². The number of anilines is 1. The Hall–Kier alpha value is -0.850. The van der Waals surface area contributed by atoms with E-state index < -0.39 is 0 Å². The van der Waals surface area contributed by atoms with Crippen molar-refractivity contribution in [2.45, 2.75) is 31.4 Å². The Labute approximate surface area is 118 Å². The summed E-state index contributed by atoms with van der Waals surface area (Å²) in [6, 6.07) is 0. The molecule has 1 saturated carbocycles. The van der Waals surface area contributed by atoms with E-state index in [0.717, 1.165) is 41.8 Å². The van der Waals surface area contributed by atoms with Gasteiger partial charge in [-0.15, -0.1) is 0 Å². The van der Waals surface area contributed by atoms with Crippen molar-refractivity contribution < 1.29 is 9.47 Å². The molecule has 0 spiro atoms. The molecule has 1 aliphatic carbocycles. The minimum atomic E-state index is 0.0578. The molecule has 1 fully saturated rings. The van der Waals surface area contributed by atoms with Gasteiger partial charge in [-0.25, -0.2) is 0 Å². The number of ether oxygens (including phenoxy) is 2. The van der Waals surface area contributed by atoms with Crippen LogP contribution >= 0.6 is 11.3 Å². The molecule has 0 amide bonds. The van der Waals surface area contributed by atoms with Gasteiger partial charge in [-0.1, -0.05) is 11.3 Å². The van der Waals surface area contributed by atoms with Crippen LogP contribution in [0.15, 0.2) is 0 Å². The number of hydrogen-bond donors (Lipinski definition) is 1. The smallest absolute Gasteiger partial charge is 0.230 e. The summed E-state index contributed by atoms with van der Waals surface area (Å²) in [4.78, 5) is 7.58. The summed E-state index contributed by atoms with van der Waals surface area (Å²) < 4.78 is 10.9. The average Bonchev–Trinajstić information content (AvgIpc) is 2.76. The van der Waals surface area contributed by atoms with Crippen molar-refractivity contribution in [1.82, 2.24) is 10.3 Å². The largest absolute Gasteiger partial charge is 0.480 e. The van der Waals surface area contributed by atoms with Gasteiger partial charge in [-0.3, -0.25) is 0 Å². The Morgan fingerprint density at radius 1 is 1.37 bits per heavy atom. The Morgan fingerprint density at radius 2 is 2.11 bits per heavy atom. The first-order valence-corrected chi connectivity index (χ1v) is 7.39. The number of thiazole rings is 1. The molecule has 6 heteroatoms. The van der Waals surface area contributed by atoms with Crippen molar-refractivity contribution in [2.75, 3.05) is 39.8 Å². The Morgan fingerprint density at radius 3 is 2.58 bits per heavy atom. The average molecular weight is 285 g/mol. The highest BCUT2D eigenvalue weighted by atomic mass is 32.1. The van der Waals surface area contributed by atoms with Crippen molar-refractivity contribution in [3.8, 4) is 5.88 Å². The Balaban J connectivity index is 1.91. The summed E-state index contributed by atoms with van der Waals surface area (Å²) in [5.74, 6) is 0.723. The third-order valence-corrected chi connectivity index (χ3v) is 4.86. The second-order valence-corrected chi connectivity index (χ2v) is 6.23. The number of aromatic nitrogens is 1. The highest BCUT2D eigenvalue weighted by Crippen LogP contribution is 2.35. The summed E-state index contributed by atoms with van der Waals surface area (Å²) in [7, 11) is 7.45. The van der Waals surface area contributed by atoms with Crippen LogP contribution in [0.2, 0.25) is 0 Å². The van der Waals surface area contributed by atoms with Gasteiger partial charge in [0.15, 0.2) is 5.13 Å². The molecule has 108 valence electrons. The third-order valence-electron chi connectivity index (χ3n) is 3.66. The minimum Gasteiger partial charge on any atom is -0.480 e. The molecule has 0 aromatic carbocycles. The molecule has 1 heterocycles. The maximum atomic E-state index is 5.60. The van der Waals surface area contributed by atoms with E-state index in [9.17, 15) is 0 Å². The molecule has 0 atom stereocenters. The normalized spacial score (nSPS) is 17.1. The lowest BCUT2D eigenvalue weighted by Gasteiger charge is -2.40. The van der Waals surface area contributed by atoms with Gasteiger partial charge in [0, 0.05) is 34.3 Å². The SMILES string of the molecule is COc1nc(N(C)C)sc1CNCC1(OC)CCC1. The van der Waals surface area contributed by atoms with E-state index in [1.54, 1.807) is 25.6 Å². The van der Waals surface area contributed by atoms with Gasteiger partial charge in [0.1, 0.15) is 0 Å². The van der Waals surface area contributed by atoms with Gasteiger partial charge in [0.2, 0.25) is 5.88 Å². The zero-order chi connectivity index (χ0) is 13.9. The molecule has 0 bridgehead atoms. The quantitative estimate of drug-likeness (QED) is 0.829.